The summed E-state index contributed by atoms with van der Waals surface area (Å²) in [5, 5.41) is 19.2. The van der Waals surface area contributed by atoms with Crippen LogP contribution in [0.3, 0.4) is 0 Å². The summed E-state index contributed by atoms with van der Waals surface area (Å²) >= 11 is 0. The first kappa shape index (κ1) is 21.4. The van der Waals surface area contributed by atoms with E-state index in [1.165, 1.54) is 4.90 Å². The molecule has 0 saturated heterocycles. The van der Waals surface area contributed by atoms with E-state index in [2.05, 4.69) is 5.73 Å². The number of carbonyl (C=O) groups is 2. The summed E-state index contributed by atoms with van der Waals surface area (Å²) in [7, 11) is 0. The van der Waals surface area contributed by atoms with Crippen molar-refractivity contribution >= 4 is 12.2 Å². The Bertz CT molecular complexity index is 191. The molecule has 0 aromatic carbocycles. The molecule has 0 spiro atoms. The molecule has 0 aromatic heterocycles. The van der Waals surface area contributed by atoms with Crippen molar-refractivity contribution in [2.24, 2.45) is 5.73 Å². The average molecular weight is 298 g/mol. The Kier molecular flexibility index (Phi) is 19.1. The van der Waals surface area contributed by atoms with Crippen LogP contribution in [0.15, 0.2) is 0 Å². The Morgan fingerprint density at radius 3 is 1.53 bits per heavy atom. The number of primary amides is 1. The number of carboxylic acid groups (broad SMARTS) is 2. The first-order chi connectivity index (χ1) is 7.45. The zero-order chi connectivity index (χ0) is 13.0. The Labute approximate surface area is 115 Å². The second-order valence-electron chi connectivity index (χ2n) is 3.28. The predicted molar refractivity (Wildman–Crippen MR) is 56.4 cm³/mol. The third kappa shape index (κ3) is 21.1. The number of hydrogen-bond acceptors (Lipinski definition) is 4. The number of amides is 2. The van der Waals surface area contributed by atoms with Crippen LogP contribution in [0.4, 0.5) is 9.59 Å². The molecule has 0 aromatic rings. The van der Waals surface area contributed by atoms with Gasteiger partial charge in [0, 0.05) is 13.1 Å². The van der Waals surface area contributed by atoms with Crippen LogP contribution in [-0.4, -0.2) is 30.2 Å². The topological polar surface area (TPSA) is 110 Å². The quantitative estimate of drug-likeness (QED) is 0.667. The van der Waals surface area contributed by atoms with E-state index in [0.717, 1.165) is 25.7 Å². The van der Waals surface area contributed by atoms with Crippen molar-refractivity contribution in [3.8, 4) is 0 Å². The zero-order valence-electron chi connectivity index (χ0n) is 10.6. The minimum Gasteiger partial charge on any atom is -0.530 e. The van der Waals surface area contributed by atoms with E-state index >= 15 is 0 Å². The van der Waals surface area contributed by atoms with Crippen molar-refractivity contribution < 1.29 is 39.3 Å². The Morgan fingerprint density at radius 1 is 1.06 bits per heavy atom. The summed E-state index contributed by atoms with van der Waals surface area (Å²) < 4.78 is 0. The van der Waals surface area contributed by atoms with Crippen LogP contribution in [-0.2, 0) is 19.5 Å². The van der Waals surface area contributed by atoms with Crippen LogP contribution in [0.1, 0.15) is 39.5 Å². The molecule has 0 aliphatic rings. The first-order valence-corrected chi connectivity index (χ1v) is 5.38. The molecule has 0 atom stereocenters. The number of nitrogens with zero attached hydrogens (tertiary/aromatic N) is 1. The van der Waals surface area contributed by atoms with Gasteiger partial charge in [-0.2, -0.15) is 0 Å². The molecule has 0 rings (SSSR count). The van der Waals surface area contributed by atoms with Gasteiger partial charge in [-0.15, -0.1) is 0 Å². The van der Waals surface area contributed by atoms with E-state index in [4.69, 9.17) is 9.90 Å². The molecular formula is C10H20N2O4Zn. The van der Waals surface area contributed by atoms with Crippen molar-refractivity contribution in [2.75, 3.05) is 13.1 Å². The summed E-state index contributed by atoms with van der Waals surface area (Å²) in [6, 6.07) is 0. The molecule has 6 nitrogen and oxygen atoms in total. The molecule has 2 amide bonds. The maximum absolute atomic E-state index is 10.5. The minimum absolute atomic E-state index is 0. The summed E-state index contributed by atoms with van der Waals surface area (Å²) in [6.45, 7) is 5.35. The van der Waals surface area contributed by atoms with E-state index in [0.29, 0.717) is 13.1 Å². The van der Waals surface area contributed by atoms with Gasteiger partial charge in [0.2, 0.25) is 0 Å². The van der Waals surface area contributed by atoms with E-state index in [9.17, 15) is 9.90 Å². The van der Waals surface area contributed by atoms with Crippen molar-refractivity contribution in [1.29, 1.82) is 0 Å². The summed E-state index contributed by atoms with van der Waals surface area (Å²) in [6.07, 6.45) is 1.29. The molecule has 7 heteroatoms. The second-order valence-corrected chi connectivity index (χ2v) is 3.28. The minimum atomic E-state index is -1.58. The van der Waals surface area contributed by atoms with E-state index in [1.807, 2.05) is 13.8 Å². The van der Waals surface area contributed by atoms with E-state index in [1.54, 1.807) is 0 Å². The third-order valence-electron chi connectivity index (χ3n) is 1.82. The molecule has 0 aliphatic carbocycles. The van der Waals surface area contributed by atoms with Gasteiger partial charge >= 0.3 is 19.5 Å². The summed E-state index contributed by atoms with van der Waals surface area (Å²) in [4.78, 5) is 20.6. The fourth-order valence-electron chi connectivity index (χ4n) is 0.992. The van der Waals surface area contributed by atoms with Crippen molar-refractivity contribution in [3.63, 3.8) is 0 Å². The predicted octanol–water partition coefficient (Wildman–Crippen LogP) is -0.482. The summed E-state index contributed by atoms with van der Waals surface area (Å²) in [5.41, 5.74) is 3.92. The molecular weight excluding hydrogens is 278 g/mol. The SMILES string of the molecule is CCCCN(CCCC)C(=O)[O-].NC(=O)[O-].[Zn+2]. The van der Waals surface area contributed by atoms with Crippen LogP contribution in [0.2, 0.25) is 0 Å². The van der Waals surface area contributed by atoms with Gasteiger partial charge < -0.3 is 30.4 Å². The molecule has 0 fully saturated rings. The van der Waals surface area contributed by atoms with Crippen molar-refractivity contribution in [2.45, 2.75) is 39.5 Å². The fraction of sp³-hybridized carbons (Fsp3) is 0.800. The number of rotatable bonds is 6. The van der Waals surface area contributed by atoms with Gasteiger partial charge in [-0.25, -0.2) is 0 Å². The average Bonchev–Trinajstić information content (AvgIpc) is 2.16. The van der Waals surface area contributed by atoms with Gasteiger partial charge in [0.25, 0.3) is 0 Å². The van der Waals surface area contributed by atoms with E-state index < -0.39 is 12.2 Å². The van der Waals surface area contributed by atoms with E-state index in [-0.39, 0.29) is 19.5 Å². The molecule has 0 radical (unpaired) electrons. The third-order valence-corrected chi connectivity index (χ3v) is 1.82. The Hall–Kier alpha value is -0.837. The van der Waals surface area contributed by atoms with Gasteiger partial charge in [-0.05, 0) is 12.8 Å². The number of hydrogen-bond donors (Lipinski definition) is 1. The summed E-state index contributed by atoms with van der Waals surface area (Å²) in [5.74, 6) is 0. The smallest absolute Gasteiger partial charge is 0.530 e. The maximum Gasteiger partial charge on any atom is 2.00 e. The number of unbranched alkanes of at least 4 members (excludes halogenated alkanes) is 2. The van der Waals surface area contributed by atoms with Crippen molar-refractivity contribution in [1.82, 2.24) is 4.90 Å². The largest absolute Gasteiger partial charge is 2.00 e. The van der Waals surface area contributed by atoms with Gasteiger partial charge in [0.15, 0.2) is 0 Å². The molecule has 0 unspecified atom stereocenters. The maximum atomic E-state index is 10.5. The Balaban J connectivity index is -0.000000340. The standard InChI is InChI=1S/C9H19NO2.CH3NO2.Zn/c1-3-5-7-10(9(11)12)8-6-4-2;2-1(3)4;/h3-8H2,1-2H3,(H,11,12);2H2,(H,3,4);/q;;+2/p-2. The molecule has 0 heterocycles. The fourth-order valence-corrected chi connectivity index (χ4v) is 0.992. The van der Waals surface area contributed by atoms with Crippen LogP contribution < -0.4 is 15.9 Å². The van der Waals surface area contributed by atoms with Crippen LogP contribution in [0, 0.1) is 0 Å². The monoisotopic (exact) mass is 296 g/mol. The zero-order valence-corrected chi connectivity index (χ0v) is 13.6. The first-order valence-electron chi connectivity index (χ1n) is 5.38. The van der Waals surface area contributed by atoms with Gasteiger partial charge in [0.1, 0.15) is 12.2 Å². The van der Waals surface area contributed by atoms with Gasteiger partial charge in [-0.3, -0.25) is 0 Å². The molecule has 96 valence electrons. The van der Waals surface area contributed by atoms with Gasteiger partial charge in [-0.1, -0.05) is 26.7 Å². The van der Waals surface area contributed by atoms with Crippen molar-refractivity contribution in [3.05, 3.63) is 0 Å². The van der Waals surface area contributed by atoms with Gasteiger partial charge in [0.05, 0.1) is 0 Å². The molecule has 17 heavy (non-hydrogen) atoms. The number of carbonyl (C=O) groups excluding carboxylic acids is 2. The molecule has 0 saturated carbocycles. The van der Waals surface area contributed by atoms with Crippen LogP contribution >= 0.6 is 0 Å². The number of nitrogens with two attached hydrogens (primary N) is 1. The second kappa shape index (κ2) is 15.2. The molecule has 2 N–H and O–H groups in total. The van der Waals surface area contributed by atoms with Crippen LogP contribution in [0.5, 0.6) is 0 Å². The van der Waals surface area contributed by atoms with Crippen LogP contribution in [0.25, 0.3) is 0 Å². The normalized spacial score (nSPS) is 8.35. The Morgan fingerprint density at radius 2 is 1.35 bits per heavy atom. The molecule has 0 bridgehead atoms. The molecule has 0 aliphatic heterocycles.